The molecular weight excluding hydrogens is 411 g/mol. The summed E-state index contributed by atoms with van der Waals surface area (Å²) in [7, 11) is 3.73. The highest BCUT2D eigenvalue weighted by molar-refractivity contribution is 5.85. The summed E-state index contributed by atoms with van der Waals surface area (Å²) < 4.78 is 5.27. The lowest BCUT2D eigenvalue weighted by atomic mass is 9.78. The molecule has 1 fully saturated rings. The molecule has 29 heavy (non-hydrogen) atoms. The predicted molar refractivity (Wildman–Crippen MR) is 121 cm³/mol. The van der Waals surface area contributed by atoms with Crippen molar-refractivity contribution < 1.29 is 4.74 Å². The van der Waals surface area contributed by atoms with Crippen molar-refractivity contribution in [2.75, 3.05) is 25.6 Å². The molecule has 1 saturated carbocycles. The number of aromatic nitrogens is 4. The van der Waals surface area contributed by atoms with E-state index in [0.717, 1.165) is 65.8 Å². The first-order valence-electron chi connectivity index (χ1n) is 9.37. The molecule has 0 unspecified atom stereocenters. The van der Waals surface area contributed by atoms with Gasteiger partial charge in [-0.05, 0) is 31.9 Å². The molecular formula is C20H28Cl2N6O. The summed E-state index contributed by atoms with van der Waals surface area (Å²) in [5.74, 6) is 4.02. The third-order valence-corrected chi connectivity index (χ3v) is 5.25. The third-order valence-electron chi connectivity index (χ3n) is 5.25. The van der Waals surface area contributed by atoms with Crippen LogP contribution in [0, 0.1) is 6.92 Å². The largest absolute Gasteiger partial charge is 0.497 e. The molecule has 0 spiro atoms. The number of aryl methyl sites for hydroxylation is 1. The first-order valence-corrected chi connectivity index (χ1v) is 9.37. The fraction of sp³-hybridized carbons (Fsp3) is 0.450. The number of rotatable bonds is 6. The average molecular weight is 439 g/mol. The second-order valence-corrected chi connectivity index (χ2v) is 7.36. The van der Waals surface area contributed by atoms with E-state index in [1.165, 1.54) is 0 Å². The van der Waals surface area contributed by atoms with Crippen LogP contribution in [0.5, 0.6) is 5.75 Å². The summed E-state index contributed by atoms with van der Waals surface area (Å²) in [4.78, 5) is 19.4. The van der Waals surface area contributed by atoms with Crippen molar-refractivity contribution in [2.24, 2.45) is 5.73 Å². The lowest BCUT2D eigenvalue weighted by Crippen LogP contribution is -2.35. The molecule has 3 N–H and O–H groups in total. The molecule has 0 aliphatic heterocycles. The van der Waals surface area contributed by atoms with Crippen LogP contribution in [-0.4, -0.2) is 46.7 Å². The zero-order valence-corrected chi connectivity index (χ0v) is 18.5. The van der Waals surface area contributed by atoms with Crippen molar-refractivity contribution in [1.82, 2.24) is 19.9 Å². The van der Waals surface area contributed by atoms with E-state index >= 15 is 0 Å². The number of H-pyrrole nitrogens is 1. The number of anilines is 1. The van der Waals surface area contributed by atoms with Gasteiger partial charge in [0.2, 0.25) is 0 Å². The first-order chi connectivity index (χ1) is 13.0. The van der Waals surface area contributed by atoms with E-state index in [1.807, 2.05) is 25.1 Å². The average Bonchev–Trinajstić information content (AvgIpc) is 3.04. The number of likely N-dealkylation sites (N-methyl/N-ethyl adjacent to an activating group) is 1. The molecule has 9 heteroatoms. The highest BCUT2D eigenvalue weighted by atomic mass is 35.5. The Bertz CT molecular complexity index is 957. The Morgan fingerprint density at radius 3 is 2.62 bits per heavy atom. The summed E-state index contributed by atoms with van der Waals surface area (Å²) in [5.41, 5.74) is 8.99. The summed E-state index contributed by atoms with van der Waals surface area (Å²) in [6.07, 6.45) is 2.84. The molecule has 4 rings (SSSR count). The summed E-state index contributed by atoms with van der Waals surface area (Å²) in [6, 6.07) is 8.29. The molecule has 2 heterocycles. The number of imidazole rings is 1. The van der Waals surface area contributed by atoms with Gasteiger partial charge in [-0.25, -0.2) is 15.0 Å². The van der Waals surface area contributed by atoms with Crippen LogP contribution in [0.1, 0.15) is 36.1 Å². The Hall–Kier alpha value is -2.09. The van der Waals surface area contributed by atoms with Gasteiger partial charge < -0.3 is 20.4 Å². The summed E-state index contributed by atoms with van der Waals surface area (Å²) in [6.45, 7) is 2.77. The molecule has 158 valence electrons. The number of halogens is 2. The van der Waals surface area contributed by atoms with Gasteiger partial charge in [0.1, 0.15) is 23.2 Å². The number of hydrogen-bond donors (Lipinski definition) is 2. The van der Waals surface area contributed by atoms with Crippen LogP contribution in [0.2, 0.25) is 0 Å². The fourth-order valence-corrected chi connectivity index (χ4v) is 3.56. The second kappa shape index (κ2) is 9.61. The number of aromatic amines is 1. The predicted octanol–water partition coefficient (Wildman–Crippen LogP) is 3.40. The zero-order valence-electron chi connectivity index (χ0n) is 16.9. The Morgan fingerprint density at radius 1 is 1.17 bits per heavy atom. The molecule has 1 aliphatic rings. The number of nitrogens with two attached hydrogens (primary N) is 1. The van der Waals surface area contributed by atoms with Gasteiger partial charge in [-0.15, -0.1) is 24.8 Å². The number of hydrogen-bond acceptors (Lipinski definition) is 6. The number of nitrogens with zero attached hydrogens (tertiary/aromatic N) is 4. The second-order valence-electron chi connectivity index (χ2n) is 7.36. The van der Waals surface area contributed by atoms with Gasteiger partial charge in [0, 0.05) is 49.8 Å². The Balaban J connectivity index is 0.00000150. The van der Waals surface area contributed by atoms with Gasteiger partial charge in [-0.2, -0.15) is 0 Å². The van der Waals surface area contributed by atoms with Crippen molar-refractivity contribution in [3.63, 3.8) is 0 Å². The van der Waals surface area contributed by atoms with Crippen LogP contribution in [0.15, 0.2) is 24.3 Å². The van der Waals surface area contributed by atoms with Crippen molar-refractivity contribution in [3.05, 3.63) is 41.6 Å². The van der Waals surface area contributed by atoms with Crippen LogP contribution in [0.25, 0.3) is 11.0 Å². The molecule has 1 aliphatic carbocycles. The third kappa shape index (κ3) is 5.10. The Labute approximate surface area is 183 Å². The number of methoxy groups -OCH3 is 1. The minimum atomic E-state index is 0. The molecule has 0 amide bonds. The molecule has 0 bridgehead atoms. The molecule has 0 saturated heterocycles. The maximum absolute atomic E-state index is 5.93. The first kappa shape index (κ1) is 23.2. The fourth-order valence-electron chi connectivity index (χ4n) is 3.56. The topological polar surface area (TPSA) is 92.9 Å². The van der Waals surface area contributed by atoms with Gasteiger partial charge in [0.25, 0.3) is 0 Å². The van der Waals surface area contributed by atoms with Crippen LogP contribution in [0.4, 0.5) is 5.82 Å². The minimum absolute atomic E-state index is 0. The molecule has 0 atom stereocenters. The number of benzene rings is 1. The summed E-state index contributed by atoms with van der Waals surface area (Å²) in [5, 5.41) is 0. The van der Waals surface area contributed by atoms with Gasteiger partial charge >= 0.3 is 0 Å². The standard InChI is InChI=1S/C20H26N6O.2ClH/c1-12-22-17(13-8-14(21)9-13)11-20(23-12)26(2)7-6-19-24-16-5-4-15(27-3)10-18(16)25-19;;/h4-5,10-11,13-14H,6-9,21H2,1-3H3,(H,24,25);2*1H. The van der Waals surface area contributed by atoms with E-state index < -0.39 is 0 Å². The van der Waals surface area contributed by atoms with Gasteiger partial charge in [0.05, 0.1) is 18.1 Å². The molecule has 1 aromatic carbocycles. The highest BCUT2D eigenvalue weighted by Crippen LogP contribution is 2.35. The van der Waals surface area contributed by atoms with E-state index in [1.54, 1.807) is 7.11 Å². The monoisotopic (exact) mass is 438 g/mol. The van der Waals surface area contributed by atoms with Gasteiger partial charge in [-0.3, -0.25) is 0 Å². The number of ether oxygens (including phenoxy) is 1. The molecule has 2 aromatic heterocycles. The molecule has 7 nitrogen and oxygen atoms in total. The van der Waals surface area contributed by atoms with E-state index in [9.17, 15) is 0 Å². The van der Waals surface area contributed by atoms with E-state index in [4.69, 9.17) is 10.5 Å². The zero-order chi connectivity index (χ0) is 19.0. The quantitative estimate of drug-likeness (QED) is 0.612. The van der Waals surface area contributed by atoms with Crippen LogP contribution in [-0.2, 0) is 6.42 Å². The maximum Gasteiger partial charge on any atom is 0.132 e. The highest BCUT2D eigenvalue weighted by Gasteiger charge is 2.29. The van der Waals surface area contributed by atoms with Crippen molar-refractivity contribution in [1.29, 1.82) is 0 Å². The maximum atomic E-state index is 5.93. The van der Waals surface area contributed by atoms with E-state index in [-0.39, 0.29) is 24.8 Å². The summed E-state index contributed by atoms with van der Waals surface area (Å²) >= 11 is 0. The van der Waals surface area contributed by atoms with Crippen LogP contribution in [0.3, 0.4) is 0 Å². The SMILES string of the molecule is COc1ccc2nc(CCN(C)c3cc(C4CC(N)C4)nc(C)n3)[nH]c2c1.Cl.Cl. The van der Waals surface area contributed by atoms with Gasteiger partial charge in [-0.1, -0.05) is 0 Å². The van der Waals surface area contributed by atoms with Crippen LogP contribution >= 0.6 is 24.8 Å². The number of nitrogens with one attached hydrogen (secondary N) is 1. The molecule has 0 radical (unpaired) electrons. The number of fused-ring (bicyclic) bond motifs is 1. The van der Waals surface area contributed by atoms with E-state index in [2.05, 4.69) is 37.9 Å². The Kier molecular flexibility index (Phi) is 7.68. The normalized spacial score (nSPS) is 17.8. The van der Waals surface area contributed by atoms with Crippen molar-refractivity contribution in [2.45, 2.75) is 38.1 Å². The van der Waals surface area contributed by atoms with Crippen molar-refractivity contribution in [3.8, 4) is 5.75 Å². The molecule has 3 aromatic rings. The van der Waals surface area contributed by atoms with E-state index in [0.29, 0.717) is 12.0 Å². The van der Waals surface area contributed by atoms with Crippen molar-refractivity contribution >= 4 is 41.7 Å². The van der Waals surface area contributed by atoms with Gasteiger partial charge in [0.15, 0.2) is 0 Å². The lowest BCUT2D eigenvalue weighted by Gasteiger charge is -2.32. The van der Waals surface area contributed by atoms with Crippen LogP contribution < -0.4 is 15.4 Å². The minimum Gasteiger partial charge on any atom is -0.497 e. The lowest BCUT2D eigenvalue weighted by molar-refractivity contribution is 0.344. The smallest absolute Gasteiger partial charge is 0.132 e. The Morgan fingerprint density at radius 2 is 1.93 bits per heavy atom.